The van der Waals surface area contributed by atoms with Gasteiger partial charge in [0.1, 0.15) is 5.60 Å². The van der Waals surface area contributed by atoms with Crippen molar-refractivity contribution in [3.05, 3.63) is 0 Å². The topological polar surface area (TPSA) is 26.3 Å². The van der Waals surface area contributed by atoms with Crippen molar-refractivity contribution in [3.63, 3.8) is 0 Å². The summed E-state index contributed by atoms with van der Waals surface area (Å²) < 4.78 is 5.43. The van der Waals surface area contributed by atoms with E-state index in [4.69, 9.17) is 4.74 Å². The quantitative estimate of drug-likeness (QED) is 0.595. The van der Waals surface area contributed by atoms with Gasteiger partial charge in [0.15, 0.2) is 0 Å². The maximum absolute atomic E-state index is 10.9. The first-order chi connectivity index (χ1) is 6.10. The third kappa shape index (κ3) is 4.30. The van der Waals surface area contributed by atoms with Gasteiger partial charge in [0, 0.05) is 6.92 Å². The number of esters is 1. The lowest BCUT2D eigenvalue weighted by Gasteiger charge is -2.31. The summed E-state index contributed by atoms with van der Waals surface area (Å²) in [5, 5.41) is 0. The number of ether oxygens (including phenoxy) is 1. The van der Waals surface area contributed by atoms with Gasteiger partial charge in [-0.05, 0) is 19.3 Å². The van der Waals surface area contributed by atoms with Crippen LogP contribution in [0, 0.1) is 0 Å². The molecule has 0 atom stereocenters. The molecule has 2 heteroatoms. The Morgan fingerprint density at radius 1 is 1.15 bits per heavy atom. The smallest absolute Gasteiger partial charge is 0.303 e. The molecule has 0 aromatic heterocycles. The molecule has 2 nitrogen and oxygen atoms in total. The van der Waals surface area contributed by atoms with Gasteiger partial charge in [-0.1, -0.05) is 33.6 Å². The maximum atomic E-state index is 10.9. The molecule has 78 valence electrons. The van der Waals surface area contributed by atoms with E-state index in [0.717, 1.165) is 32.1 Å². The van der Waals surface area contributed by atoms with Crippen molar-refractivity contribution in [1.29, 1.82) is 0 Å². The van der Waals surface area contributed by atoms with Gasteiger partial charge in [-0.25, -0.2) is 0 Å². The van der Waals surface area contributed by atoms with E-state index in [1.54, 1.807) is 0 Å². The molecule has 0 heterocycles. The van der Waals surface area contributed by atoms with Crippen LogP contribution in [0.4, 0.5) is 0 Å². The average molecular weight is 186 g/mol. The van der Waals surface area contributed by atoms with E-state index in [2.05, 4.69) is 20.8 Å². The highest BCUT2D eigenvalue weighted by Gasteiger charge is 2.29. The molecule has 0 bridgehead atoms. The van der Waals surface area contributed by atoms with E-state index < -0.39 is 0 Å². The van der Waals surface area contributed by atoms with Gasteiger partial charge in [-0.3, -0.25) is 4.79 Å². The molecular weight excluding hydrogens is 164 g/mol. The van der Waals surface area contributed by atoms with Gasteiger partial charge in [0.05, 0.1) is 0 Å². The second-order valence-electron chi connectivity index (χ2n) is 3.63. The van der Waals surface area contributed by atoms with Crippen LogP contribution in [0.5, 0.6) is 0 Å². The summed E-state index contributed by atoms with van der Waals surface area (Å²) in [6.07, 6.45) is 5.03. The summed E-state index contributed by atoms with van der Waals surface area (Å²) >= 11 is 0. The predicted molar refractivity (Wildman–Crippen MR) is 54.6 cm³/mol. The fourth-order valence-electron chi connectivity index (χ4n) is 1.87. The molecule has 0 fully saturated rings. The van der Waals surface area contributed by atoms with Crippen LogP contribution >= 0.6 is 0 Å². The van der Waals surface area contributed by atoms with Crippen LogP contribution in [0.15, 0.2) is 0 Å². The third-order valence-corrected chi connectivity index (χ3v) is 2.42. The molecule has 0 N–H and O–H groups in total. The number of hydrogen-bond acceptors (Lipinski definition) is 2. The van der Waals surface area contributed by atoms with Gasteiger partial charge >= 0.3 is 5.97 Å². The molecule has 0 unspecified atom stereocenters. The molecule has 0 saturated heterocycles. The van der Waals surface area contributed by atoms with E-state index in [-0.39, 0.29) is 11.6 Å². The van der Waals surface area contributed by atoms with E-state index >= 15 is 0 Å². The minimum absolute atomic E-state index is 0.149. The first-order valence-electron chi connectivity index (χ1n) is 5.29. The highest BCUT2D eigenvalue weighted by molar-refractivity contribution is 5.66. The van der Waals surface area contributed by atoms with E-state index in [1.807, 2.05) is 0 Å². The number of rotatable bonds is 6. The van der Waals surface area contributed by atoms with Gasteiger partial charge in [-0.2, -0.15) is 0 Å². The normalized spacial score (nSPS) is 11.4. The van der Waals surface area contributed by atoms with E-state index in [1.165, 1.54) is 6.92 Å². The molecule has 0 aliphatic carbocycles. The SMILES string of the molecule is CCCC(CC)(CCC)OC(C)=O. The van der Waals surface area contributed by atoms with Crippen LogP contribution in [-0.2, 0) is 9.53 Å². The standard InChI is InChI=1S/C11H22O2/c1-5-8-11(7-3,9-6-2)13-10(4)12/h5-9H2,1-4H3. The zero-order valence-electron chi connectivity index (χ0n) is 9.35. The largest absolute Gasteiger partial charge is 0.459 e. The van der Waals surface area contributed by atoms with Gasteiger partial charge in [-0.15, -0.1) is 0 Å². The van der Waals surface area contributed by atoms with Crippen molar-refractivity contribution in [1.82, 2.24) is 0 Å². The van der Waals surface area contributed by atoms with Crippen molar-refractivity contribution >= 4 is 5.97 Å². The highest BCUT2D eigenvalue weighted by atomic mass is 16.6. The van der Waals surface area contributed by atoms with Crippen molar-refractivity contribution in [2.45, 2.75) is 65.4 Å². The molecule has 0 aliphatic rings. The van der Waals surface area contributed by atoms with Crippen LogP contribution in [-0.4, -0.2) is 11.6 Å². The Morgan fingerprint density at radius 3 is 1.85 bits per heavy atom. The van der Waals surface area contributed by atoms with Gasteiger partial charge in [0.2, 0.25) is 0 Å². The Kier molecular flexibility index (Phi) is 5.76. The molecule has 0 aromatic rings. The van der Waals surface area contributed by atoms with Crippen molar-refractivity contribution < 1.29 is 9.53 Å². The minimum atomic E-state index is -0.185. The summed E-state index contributed by atoms with van der Waals surface area (Å²) in [7, 11) is 0. The molecule has 0 rings (SSSR count). The molecular formula is C11H22O2. The first kappa shape index (κ1) is 12.5. The summed E-state index contributed by atoms with van der Waals surface area (Å²) in [5.74, 6) is -0.149. The third-order valence-electron chi connectivity index (χ3n) is 2.42. The summed E-state index contributed by atoms with van der Waals surface area (Å²) in [6.45, 7) is 7.84. The van der Waals surface area contributed by atoms with Crippen molar-refractivity contribution in [2.24, 2.45) is 0 Å². The first-order valence-corrected chi connectivity index (χ1v) is 5.29. The Balaban J connectivity index is 4.33. The molecule has 0 aromatic carbocycles. The molecule has 13 heavy (non-hydrogen) atoms. The lowest BCUT2D eigenvalue weighted by Crippen LogP contribution is -2.33. The van der Waals surface area contributed by atoms with Crippen LogP contribution in [0.3, 0.4) is 0 Å². The Bertz CT molecular complexity index is 146. The fraction of sp³-hybridized carbons (Fsp3) is 0.909. The average Bonchev–Trinajstić information content (AvgIpc) is 2.04. The van der Waals surface area contributed by atoms with Crippen LogP contribution < -0.4 is 0 Å². The van der Waals surface area contributed by atoms with E-state index in [0.29, 0.717) is 0 Å². The van der Waals surface area contributed by atoms with Crippen LogP contribution in [0.25, 0.3) is 0 Å². The summed E-state index contributed by atoms with van der Waals surface area (Å²) in [5.41, 5.74) is -0.185. The molecule has 0 radical (unpaired) electrons. The minimum Gasteiger partial charge on any atom is -0.459 e. The summed E-state index contributed by atoms with van der Waals surface area (Å²) in [6, 6.07) is 0. The molecule has 0 aliphatic heterocycles. The lowest BCUT2D eigenvalue weighted by molar-refractivity contribution is -0.159. The Morgan fingerprint density at radius 2 is 1.62 bits per heavy atom. The predicted octanol–water partition coefficient (Wildman–Crippen LogP) is 3.30. The zero-order chi connectivity index (χ0) is 10.3. The maximum Gasteiger partial charge on any atom is 0.303 e. The summed E-state index contributed by atoms with van der Waals surface area (Å²) in [4.78, 5) is 10.9. The monoisotopic (exact) mass is 186 g/mol. The molecule has 0 saturated carbocycles. The number of hydrogen-bond donors (Lipinski definition) is 0. The molecule has 0 amide bonds. The highest BCUT2D eigenvalue weighted by Crippen LogP contribution is 2.28. The van der Waals surface area contributed by atoms with Crippen LogP contribution in [0.1, 0.15) is 59.8 Å². The van der Waals surface area contributed by atoms with Crippen molar-refractivity contribution in [3.8, 4) is 0 Å². The Labute approximate surface area is 81.7 Å². The number of carbonyl (C=O) groups is 1. The zero-order valence-corrected chi connectivity index (χ0v) is 9.35. The Hall–Kier alpha value is -0.530. The van der Waals surface area contributed by atoms with Crippen LogP contribution in [0.2, 0.25) is 0 Å². The van der Waals surface area contributed by atoms with Gasteiger partial charge in [0.25, 0.3) is 0 Å². The van der Waals surface area contributed by atoms with E-state index in [9.17, 15) is 4.79 Å². The van der Waals surface area contributed by atoms with Crippen molar-refractivity contribution in [2.75, 3.05) is 0 Å². The molecule has 0 spiro atoms. The second kappa shape index (κ2) is 6.01. The van der Waals surface area contributed by atoms with Gasteiger partial charge < -0.3 is 4.74 Å². The lowest BCUT2D eigenvalue weighted by atomic mass is 9.90. The number of carbonyl (C=O) groups excluding carboxylic acids is 1. The fourth-order valence-corrected chi connectivity index (χ4v) is 1.87. The second-order valence-corrected chi connectivity index (χ2v) is 3.63.